The van der Waals surface area contributed by atoms with Crippen LogP contribution in [0.15, 0.2) is 18.3 Å². The predicted octanol–water partition coefficient (Wildman–Crippen LogP) is 1.90. The Morgan fingerprint density at radius 3 is 2.64 bits per heavy atom. The van der Waals surface area contributed by atoms with E-state index in [2.05, 4.69) is 22.2 Å². The van der Waals surface area contributed by atoms with Crippen LogP contribution < -0.4 is 11.1 Å². The summed E-state index contributed by atoms with van der Waals surface area (Å²) in [5.41, 5.74) is 6.95. The fourth-order valence-electron chi connectivity index (χ4n) is 2.53. The number of anilines is 1. The fourth-order valence-corrected chi connectivity index (χ4v) is 2.53. The van der Waals surface area contributed by atoms with E-state index < -0.39 is 0 Å². The Balaban J connectivity index is 0.00000220. The van der Waals surface area contributed by atoms with Gasteiger partial charge < -0.3 is 16.0 Å². The molecule has 7 heteroatoms. The standard InChI is InChI=1S/C15H24N4O.2ClH/c1-19-8-5-12(6-9-19)4-7-17-15(20)10-14-3-2-13(16)11-18-14;;/h2-3,11-12H,4-10,16H2,1H3,(H,17,20);2*1H. The number of rotatable bonds is 5. The van der Waals surface area contributed by atoms with Crippen LogP contribution in [0.1, 0.15) is 25.0 Å². The maximum Gasteiger partial charge on any atom is 0.226 e. The van der Waals surface area contributed by atoms with E-state index in [-0.39, 0.29) is 30.7 Å². The van der Waals surface area contributed by atoms with Crippen LogP contribution in [0.5, 0.6) is 0 Å². The number of nitrogens with one attached hydrogen (secondary N) is 1. The van der Waals surface area contributed by atoms with Gasteiger partial charge in [0.25, 0.3) is 0 Å². The molecule has 1 aromatic heterocycles. The molecule has 3 N–H and O–H groups in total. The Bertz CT molecular complexity index is 434. The van der Waals surface area contributed by atoms with Crippen LogP contribution in [0.3, 0.4) is 0 Å². The van der Waals surface area contributed by atoms with Gasteiger partial charge in [-0.05, 0) is 57.5 Å². The fraction of sp³-hybridized carbons (Fsp3) is 0.600. The van der Waals surface area contributed by atoms with Crippen LogP contribution in [0.2, 0.25) is 0 Å². The molecule has 1 aromatic rings. The maximum absolute atomic E-state index is 11.8. The van der Waals surface area contributed by atoms with Crippen molar-refractivity contribution >= 4 is 36.4 Å². The molecule has 0 unspecified atom stereocenters. The van der Waals surface area contributed by atoms with Crippen molar-refractivity contribution < 1.29 is 4.79 Å². The average molecular weight is 349 g/mol. The molecule has 2 rings (SSSR count). The number of nitrogen functional groups attached to an aromatic ring is 1. The van der Waals surface area contributed by atoms with Crippen molar-refractivity contribution in [1.29, 1.82) is 0 Å². The smallest absolute Gasteiger partial charge is 0.226 e. The molecule has 0 radical (unpaired) electrons. The van der Waals surface area contributed by atoms with E-state index in [1.807, 2.05) is 0 Å². The molecule has 1 aliphatic heterocycles. The molecule has 2 heterocycles. The van der Waals surface area contributed by atoms with Gasteiger partial charge in [0, 0.05) is 12.2 Å². The van der Waals surface area contributed by atoms with E-state index in [0.29, 0.717) is 12.1 Å². The molecule has 1 aliphatic rings. The van der Waals surface area contributed by atoms with Crippen LogP contribution in [-0.2, 0) is 11.2 Å². The third-order valence-corrected chi connectivity index (χ3v) is 3.90. The third kappa shape index (κ3) is 7.29. The molecule has 0 bridgehead atoms. The lowest BCUT2D eigenvalue weighted by Gasteiger charge is -2.28. The zero-order chi connectivity index (χ0) is 14.4. The lowest BCUT2D eigenvalue weighted by Crippen LogP contribution is -2.33. The summed E-state index contributed by atoms with van der Waals surface area (Å²) in [5.74, 6) is 0.788. The zero-order valence-electron chi connectivity index (χ0n) is 13.0. The molecule has 1 saturated heterocycles. The van der Waals surface area contributed by atoms with Crippen LogP contribution in [-0.4, -0.2) is 42.5 Å². The first kappa shape index (κ1) is 21.0. The molecule has 1 fully saturated rings. The third-order valence-electron chi connectivity index (χ3n) is 3.90. The van der Waals surface area contributed by atoms with Gasteiger partial charge in [-0.15, -0.1) is 24.8 Å². The second kappa shape index (κ2) is 10.6. The maximum atomic E-state index is 11.8. The first-order chi connectivity index (χ1) is 9.63. The van der Waals surface area contributed by atoms with E-state index in [1.165, 1.54) is 25.9 Å². The van der Waals surface area contributed by atoms with E-state index in [1.54, 1.807) is 18.3 Å². The normalized spacial score (nSPS) is 15.5. The Morgan fingerprint density at radius 2 is 2.05 bits per heavy atom. The summed E-state index contributed by atoms with van der Waals surface area (Å²) in [7, 11) is 2.16. The number of nitrogens with two attached hydrogens (primary N) is 1. The molecule has 126 valence electrons. The number of nitrogens with zero attached hydrogens (tertiary/aromatic N) is 2. The number of pyridine rings is 1. The number of amides is 1. The van der Waals surface area contributed by atoms with Crippen molar-refractivity contribution in [3.63, 3.8) is 0 Å². The summed E-state index contributed by atoms with van der Waals surface area (Å²) in [5, 5.41) is 2.98. The van der Waals surface area contributed by atoms with Crippen LogP contribution >= 0.6 is 24.8 Å². The molecule has 1 amide bonds. The van der Waals surface area contributed by atoms with Gasteiger partial charge in [0.15, 0.2) is 0 Å². The van der Waals surface area contributed by atoms with E-state index in [4.69, 9.17) is 5.73 Å². The van der Waals surface area contributed by atoms with Crippen LogP contribution in [0.25, 0.3) is 0 Å². The van der Waals surface area contributed by atoms with Crippen LogP contribution in [0, 0.1) is 5.92 Å². The summed E-state index contributed by atoms with van der Waals surface area (Å²) >= 11 is 0. The Labute approximate surface area is 144 Å². The van der Waals surface area contributed by atoms with Gasteiger partial charge in [-0.2, -0.15) is 0 Å². The average Bonchev–Trinajstić information content (AvgIpc) is 2.44. The number of hydrogen-bond donors (Lipinski definition) is 2. The van der Waals surface area contributed by atoms with Gasteiger partial charge >= 0.3 is 0 Å². The first-order valence-corrected chi connectivity index (χ1v) is 7.29. The summed E-state index contributed by atoms with van der Waals surface area (Å²) < 4.78 is 0. The highest BCUT2D eigenvalue weighted by Gasteiger charge is 2.16. The summed E-state index contributed by atoms with van der Waals surface area (Å²) in [6.07, 6.45) is 5.47. The van der Waals surface area contributed by atoms with Gasteiger partial charge in [0.05, 0.1) is 18.3 Å². The number of piperidine rings is 1. The minimum absolute atomic E-state index is 0. The van der Waals surface area contributed by atoms with Crippen molar-refractivity contribution in [2.45, 2.75) is 25.7 Å². The highest BCUT2D eigenvalue weighted by atomic mass is 35.5. The summed E-state index contributed by atoms with van der Waals surface area (Å²) in [6, 6.07) is 3.57. The summed E-state index contributed by atoms with van der Waals surface area (Å²) in [4.78, 5) is 18.3. The van der Waals surface area contributed by atoms with Gasteiger partial charge in [-0.25, -0.2) is 0 Å². The SMILES string of the molecule is CN1CCC(CCNC(=O)Cc2ccc(N)cn2)CC1.Cl.Cl. The Kier molecular flexibility index (Phi) is 10.1. The van der Waals surface area contributed by atoms with Crippen LogP contribution in [0.4, 0.5) is 5.69 Å². The molecular formula is C15H26Cl2N4O. The predicted molar refractivity (Wildman–Crippen MR) is 94.7 cm³/mol. The number of aromatic nitrogens is 1. The highest BCUT2D eigenvalue weighted by molar-refractivity contribution is 5.85. The number of halogens is 2. The van der Waals surface area contributed by atoms with E-state index >= 15 is 0 Å². The second-order valence-corrected chi connectivity index (χ2v) is 5.64. The number of hydrogen-bond acceptors (Lipinski definition) is 4. The monoisotopic (exact) mass is 348 g/mol. The highest BCUT2D eigenvalue weighted by Crippen LogP contribution is 2.18. The molecular weight excluding hydrogens is 323 g/mol. The molecule has 0 saturated carbocycles. The van der Waals surface area contributed by atoms with Crippen molar-refractivity contribution in [3.8, 4) is 0 Å². The van der Waals surface area contributed by atoms with Gasteiger partial charge in [-0.1, -0.05) is 0 Å². The quantitative estimate of drug-likeness (QED) is 0.852. The van der Waals surface area contributed by atoms with Crippen molar-refractivity contribution in [1.82, 2.24) is 15.2 Å². The van der Waals surface area contributed by atoms with E-state index in [0.717, 1.165) is 24.6 Å². The minimum atomic E-state index is 0. The number of likely N-dealkylation sites (tertiary alicyclic amines) is 1. The van der Waals surface area contributed by atoms with Gasteiger partial charge in [0.1, 0.15) is 0 Å². The Hall–Kier alpha value is -1.04. The van der Waals surface area contributed by atoms with Gasteiger partial charge in [-0.3, -0.25) is 9.78 Å². The number of carbonyl (C=O) groups is 1. The van der Waals surface area contributed by atoms with Gasteiger partial charge in [0.2, 0.25) is 5.91 Å². The lowest BCUT2D eigenvalue weighted by atomic mass is 9.94. The molecule has 5 nitrogen and oxygen atoms in total. The first-order valence-electron chi connectivity index (χ1n) is 7.29. The zero-order valence-corrected chi connectivity index (χ0v) is 14.6. The van der Waals surface area contributed by atoms with Crippen molar-refractivity contribution in [3.05, 3.63) is 24.0 Å². The molecule has 0 spiro atoms. The molecule has 0 atom stereocenters. The largest absolute Gasteiger partial charge is 0.397 e. The van der Waals surface area contributed by atoms with Crippen molar-refractivity contribution in [2.75, 3.05) is 32.4 Å². The Morgan fingerprint density at radius 1 is 1.36 bits per heavy atom. The molecule has 0 aromatic carbocycles. The second-order valence-electron chi connectivity index (χ2n) is 5.64. The lowest BCUT2D eigenvalue weighted by molar-refractivity contribution is -0.120. The molecule has 0 aliphatic carbocycles. The molecule has 22 heavy (non-hydrogen) atoms. The van der Waals surface area contributed by atoms with E-state index in [9.17, 15) is 4.79 Å². The summed E-state index contributed by atoms with van der Waals surface area (Å²) in [6.45, 7) is 3.12. The minimum Gasteiger partial charge on any atom is -0.397 e. The number of carbonyl (C=O) groups excluding carboxylic acids is 1. The van der Waals surface area contributed by atoms with Crippen molar-refractivity contribution in [2.24, 2.45) is 5.92 Å². The topological polar surface area (TPSA) is 71.2 Å².